The van der Waals surface area contributed by atoms with E-state index in [4.69, 9.17) is 10.5 Å². The summed E-state index contributed by atoms with van der Waals surface area (Å²) in [6.07, 6.45) is 1.44. The van der Waals surface area contributed by atoms with E-state index in [-0.39, 0.29) is 18.5 Å². The Bertz CT molecular complexity index is 539. The van der Waals surface area contributed by atoms with Crippen molar-refractivity contribution in [2.24, 2.45) is 12.8 Å². The predicted octanol–water partition coefficient (Wildman–Crippen LogP) is 1.55. The first-order valence-corrected chi connectivity index (χ1v) is 5.58. The van der Waals surface area contributed by atoms with Crippen LogP contribution in [0.3, 0.4) is 0 Å². The first-order chi connectivity index (χ1) is 8.58. The lowest BCUT2D eigenvalue weighted by atomic mass is 10.1. The SMILES string of the molecule is C[C@@H](N)c1ccc(F)cc1OCc1ncnn1C. The van der Waals surface area contributed by atoms with E-state index in [0.29, 0.717) is 11.6 Å². The number of aromatic nitrogens is 3. The van der Waals surface area contributed by atoms with Gasteiger partial charge in [-0.2, -0.15) is 5.10 Å². The van der Waals surface area contributed by atoms with Gasteiger partial charge in [0.2, 0.25) is 0 Å². The van der Waals surface area contributed by atoms with Crippen LogP contribution in [0.25, 0.3) is 0 Å². The quantitative estimate of drug-likeness (QED) is 0.894. The lowest BCUT2D eigenvalue weighted by molar-refractivity contribution is 0.284. The van der Waals surface area contributed by atoms with Crippen LogP contribution >= 0.6 is 0 Å². The number of nitrogens with two attached hydrogens (primary N) is 1. The minimum atomic E-state index is -0.354. The molecule has 0 radical (unpaired) electrons. The van der Waals surface area contributed by atoms with E-state index < -0.39 is 0 Å². The van der Waals surface area contributed by atoms with E-state index in [0.717, 1.165) is 5.56 Å². The summed E-state index contributed by atoms with van der Waals surface area (Å²) in [4.78, 5) is 4.03. The average molecular weight is 250 g/mol. The van der Waals surface area contributed by atoms with E-state index in [1.807, 2.05) is 6.92 Å². The van der Waals surface area contributed by atoms with Gasteiger partial charge in [-0.15, -0.1) is 0 Å². The third-order valence-corrected chi connectivity index (χ3v) is 2.63. The molecule has 1 heterocycles. The molecular weight excluding hydrogens is 235 g/mol. The average Bonchev–Trinajstić information content (AvgIpc) is 2.72. The monoisotopic (exact) mass is 250 g/mol. The van der Waals surface area contributed by atoms with Crippen molar-refractivity contribution in [1.82, 2.24) is 14.8 Å². The third-order valence-electron chi connectivity index (χ3n) is 2.63. The van der Waals surface area contributed by atoms with Gasteiger partial charge in [0, 0.05) is 24.7 Å². The Morgan fingerprint density at radius 2 is 2.28 bits per heavy atom. The normalized spacial score (nSPS) is 12.4. The largest absolute Gasteiger partial charge is 0.485 e. The molecule has 6 heteroatoms. The molecule has 0 saturated carbocycles. The van der Waals surface area contributed by atoms with Crippen LogP contribution in [0, 0.1) is 5.82 Å². The molecule has 1 atom stereocenters. The molecule has 0 unspecified atom stereocenters. The first kappa shape index (κ1) is 12.5. The number of rotatable bonds is 4. The van der Waals surface area contributed by atoms with Crippen molar-refractivity contribution in [3.63, 3.8) is 0 Å². The second-order valence-corrected chi connectivity index (χ2v) is 4.06. The second-order valence-electron chi connectivity index (χ2n) is 4.06. The number of aryl methyl sites for hydroxylation is 1. The maximum atomic E-state index is 13.2. The summed E-state index contributed by atoms with van der Waals surface area (Å²) in [6.45, 7) is 2.04. The summed E-state index contributed by atoms with van der Waals surface area (Å²) in [5.41, 5.74) is 6.57. The molecule has 96 valence electrons. The molecule has 1 aromatic heterocycles. The zero-order valence-electron chi connectivity index (χ0n) is 10.3. The third kappa shape index (κ3) is 2.65. The van der Waals surface area contributed by atoms with Crippen LogP contribution in [0.2, 0.25) is 0 Å². The number of hydrogen-bond acceptors (Lipinski definition) is 4. The molecule has 0 spiro atoms. The summed E-state index contributed by atoms with van der Waals surface area (Å²) in [5.74, 6) is 0.746. The van der Waals surface area contributed by atoms with Gasteiger partial charge >= 0.3 is 0 Å². The summed E-state index contributed by atoms with van der Waals surface area (Å²) in [5, 5.41) is 3.93. The van der Waals surface area contributed by atoms with Crippen LogP contribution in [0.1, 0.15) is 24.4 Å². The van der Waals surface area contributed by atoms with E-state index >= 15 is 0 Å². The fraction of sp³-hybridized carbons (Fsp3) is 0.333. The van der Waals surface area contributed by atoms with Crippen LogP contribution < -0.4 is 10.5 Å². The van der Waals surface area contributed by atoms with E-state index in [1.54, 1.807) is 17.8 Å². The molecule has 1 aromatic carbocycles. The zero-order chi connectivity index (χ0) is 13.1. The molecule has 18 heavy (non-hydrogen) atoms. The Hall–Kier alpha value is -1.95. The molecule has 0 amide bonds. The summed E-state index contributed by atoms with van der Waals surface area (Å²) in [7, 11) is 1.77. The van der Waals surface area contributed by atoms with Crippen LogP contribution in [0.15, 0.2) is 24.5 Å². The van der Waals surface area contributed by atoms with E-state index in [2.05, 4.69) is 10.1 Å². The smallest absolute Gasteiger partial charge is 0.164 e. The number of nitrogens with zero attached hydrogens (tertiary/aromatic N) is 3. The van der Waals surface area contributed by atoms with Gasteiger partial charge in [0.25, 0.3) is 0 Å². The fourth-order valence-corrected chi connectivity index (χ4v) is 1.60. The summed E-state index contributed by atoms with van der Waals surface area (Å²) >= 11 is 0. The second kappa shape index (κ2) is 5.14. The van der Waals surface area contributed by atoms with Gasteiger partial charge in [-0.1, -0.05) is 6.07 Å². The number of benzene rings is 1. The van der Waals surface area contributed by atoms with Crippen LogP contribution in [0.5, 0.6) is 5.75 Å². The van der Waals surface area contributed by atoms with Crippen molar-refractivity contribution in [3.05, 3.63) is 41.7 Å². The topological polar surface area (TPSA) is 66.0 Å². The van der Waals surface area contributed by atoms with Gasteiger partial charge in [-0.05, 0) is 13.0 Å². The van der Waals surface area contributed by atoms with Gasteiger partial charge in [0.1, 0.15) is 24.5 Å². The molecule has 0 bridgehead atoms. The molecule has 2 aromatic rings. The van der Waals surface area contributed by atoms with Crippen LogP contribution in [-0.4, -0.2) is 14.8 Å². The van der Waals surface area contributed by atoms with Gasteiger partial charge in [-0.3, -0.25) is 4.68 Å². The molecule has 0 aliphatic carbocycles. The van der Waals surface area contributed by atoms with Crippen molar-refractivity contribution >= 4 is 0 Å². The Labute approximate surface area is 104 Å². The van der Waals surface area contributed by atoms with Gasteiger partial charge in [0.15, 0.2) is 5.82 Å². The molecule has 2 N–H and O–H groups in total. The fourth-order valence-electron chi connectivity index (χ4n) is 1.60. The van der Waals surface area contributed by atoms with Crippen LogP contribution in [-0.2, 0) is 13.7 Å². The minimum absolute atomic E-state index is 0.222. The molecule has 0 saturated heterocycles. The van der Waals surface area contributed by atoms with Crippen molar-refractivity contribution in [3.8, 4) is 5.75 Å². The van der Waals surface area contributed by atoms with Crippen molar-refractivity contribution < 1.29 is 9.13 Å². The zero-order valence-corrected chi connectivity index (χ0v) is 10.3. The Morgan fingerprint density at radius 3 is 2.89 bits per heavy atom. The highest BCUT2D eigenvalue weighted by Gasteiger charge is 2.10. The Balaban J connectivity index is 2.18. The maximum Gasteiger partial charge on any atom is 0.164 e. The van der Waals surface area contributed by atoms with Gasteiger partial charge in [0.05, 0.1) is 0 Å². The molecule has 0 fully saturated rings. The maximum absolute atomic E-state index is 13.2. The predicted molar refractivity (Wildman–Crippen MR) is 64.3 cm³/mol. The summed E-state index contributed by atoms with van der Waals surface area (Å²) in [6, 6.07) is 4.11. The highest BCUT2D eigenvalue weighted by atomic mass is 19.1. The van der Waals surface area contributed by atoms with Crippen molar-refractivity contribution in [2.75, 3.05) is 0 Å². The number of hydrogen-bond donors (Lipinski definition) is 1. The first-order valence-electron chi connectivity index (χ1n) is 5.58. The van der Waals surface area contributed by atoms with Gasteiger partial charge < -0.3 is 10.5 Å². The molecular formula is C12H15FN4O. The Kier molecular flexibility index (Phi) is 3.57. The summed E-state index contributed by atoms with van der Waals surface area (Å²) < 4.78 is 20.4. The molecule has 0 aliphatic heterocycles. The van der Waals surface area contributed by atoms with Gasteiger partial charge in [-0.25, -0.2) is 9.37 Å². The van der Waals surface area contributed by atoms with E-state index in [9.17, 15) is 4.39 Å². The van der Waals surface area contributed by atoms with Crippen molar-refractivity contribution in [2.45, 2.75) is 19.6 Å². The lowest BCUT2D eigenvalue weighted by Gasteiger charge is -2.13. The molecule has 2 rings (SSSR count). The standard InChI is InChI=1S/C12H15FN4O/c1-8(14)10-4-3-9(13)5-11(10)18-6-12-15-7-16-17(12)2/h3-5,7-8H,6,14H2,1-2H3/t8-/m1/s1. The highest BCUT2D eigenvalue weighted by Crippen LogP contribution is 2.25. The van der Waals surface area contributed by atoms with Crippen LogP contribution in [0.4, 0.5) is 4.39 Å². The number of halogens is 1. The lowest BCUT2D eigenvalue weighted by Crippen LogP contribution is -2.10. The van der Waals surface area contributed by atoms with E-state index in [1.165, 1.54) is 18.5 Å². The highest BCUT2D eigenvalue weighted by molar-refractivity contribution is 5.36. The Morgan fingerprint density at radius 1 is 1.50 bits per heavy atom. The van der Waals surface area contributed by atoms with Crippen molar-refractivity contribution in [1.29, 1.82) is 0 Å². The minimum Gasteiger partial charge on any atom is -0.485 e. The number of ether oxygens (including phenoxy) is 1. The molecule has 0 aliphatic rings. The molecule has 5 nitrogen and oxygen atoms in total.